The Hall–Kier alpha value is -2.97. The van der Waals surface area contributed by atoms with Crippen LogP contribution in [0.3, 0.4) is 0 Å². The molecule has 1 heterocycles. The van der Waals surface area contributed by atoms with E-state index in [1.54, 1.807) is 30.0 Å². The molecule has 3 rings (SSSR count). The number of rotatable bonds is 3. The monoisotopic (exact) mass is 352 g/mol. The van der Waals surface area contributed by atoms with Crippen molar-refractivity contribution in [1.82, 2.24) is 4.90 Å². The summed E-state index contributed by atoms with van der Waals surface area (Å²) in [4.78, 5) is 14.4. The highest BCUT2D eigenvalue weighted by Gasteiger charge is 2.35. The molecular weight excluding hydrogens is 336 g/mol. The van der Waals surface area contributed by atoms with Crippen molar-refractivity contribution in [3.8, 4) is 17.2 Å². The van der Waals surface area contributed by atoms with Crippen LogP contribution in [0, 0.1) is 11.3 Å². The van der Waals surface area contributed by atoms with Crippen LogP contribution in [0.4, 0.5) is 11.4 Å². The fourth-order valence-corrected chi connectivity index (χ4v) is 3.21. The molecule has 0 saturated heterocycles. The Bertz CT molecular complexity index is 945. The Morgan fingerprint density at radius 2 is 2.00 bits per heavy atom. The quantitative estimate of drug-likeness (QED) is 0.651. The smallest absolute Gasteiger partial charge is 0.257 e. The van der Waals surface area contributed by atoms with Gasteiger partial charge in [-0.3, -0.25) is 4.79 Å². The first kappa shape index (κ1) is 16.9. The number of benzene rings is 2. The van der Waals surface area contributed by atoms with Gasteiger partial charge < -0.3 is 16.4 Å². The Morgan fingerprint density at radius 1 is 1.32 bits per heavy atom. The summed E-state index contributed by atoms with van der Waals surface area (Å²) < 4.78 is 0. The largest absolute Gasteiger partial charge is 0.398 e. The van der Waals surface area contributed by atoms with E-state index in [1.807, 2.05) is 18.2 Å². The lowest BCUT2D eigenvalue weighted by atomic mass is 9.95. The number of nitrogen functional groups attached to an aromatic ring is 2. The van der Waals surface area contributed by atoms with Crippen LogP contribution in [0.5, 0.6) is 0 Å². The fraction of sp³-hybridized carbons (Fsp3) is 0.158. The highest BCUT2D eigenvalue weighted by atomic mass is 35.5. The molecule has 0 bridgehead atoms. The average Bonchev–Trinajstić information content (AvgIpc) is 2.95. The van der Waals surface area contributed by atoms with Gasteiger partial charge in [0.15, 0.2) is 0 Å². The third-order valence-electron chi connectivity index (χ3n) is 4.58. The predicted molar refractivity (Wildman–Crippen MR) is 99.8 cm³/mol. The van der Waals surface area contributed by atoms with Crippen molar-refractivity contribution in [1.29, 1.82) is 5.26 Å². The fourth-order valence-electron chi connectivity index (χ4n) is 3.03. The van der Waals surface area contributed by atoms with Crippen molar-refractivity contribution < 1.29 is 4.79 Å². The topological polar surface area (TPSA) is 96.1 Å². The van der Waals surface area contributed by atoms with Gasteiger partial charge in [-0.15, -0.1) is 0 Å². The summed E-state index contributed by atoms with van der Waals surface area (Å²) in [5, 5.41) is 9.53. The van der Waals surface area contributed by atoms with Crippen molar-refractivity contribution in [3.05, 3.63) is 58.6 Å². The van der Waals surface area contributed by atoms with Crippen LogP contribution < -0.4 is 11.5 Å². The molecule has 0 spiro atoms. The number of carbonyl (C=O) groups is 1. The van der Waals surface area contributed by atoms with E-state index in [2.05, 4.69) is 6.58 Å². The molecule has 0 aliphatic carbocycles. The van der Waals surface area contributed by atoms with E-state index < -0.39 is 6.04 Å². The summed E-state index contributed by atoms with van der Waals surface area (Å²) in [6.07, 6.45) is 0. The van der Waals surface area contributed by atoms with Crippen LogP contribution in [0.1, 0.15) is 22.8 Å². The Balaban J connectivity index is 2.11. The second-order valence-corrected chi connectivity index (χ2v) is 6.45. The first-order valence-corrected chi connectivity index (χ1v) is 8.09. The highest BCUT2D eigenvalue weighted by molar-refractivity contribution is 6.33. The molecule has 1 aliphatic heterocycles. The van der Waals surface area contributed by atoms with Gasteiger partial charge in [0.05, 0.1) is 28.4 Å². The molecule has 0 saturated carbocycles. The van der Waals surface area contributed by atoms with Gasteiger partial charge in [0.2, 0.25) is 0 Å². The number of amides is 1. The number of fused-ring (bicyclic) bond motifs is 1. The molecule has 1 aliphatic rings. The molecule has 2 aromatic carbocycles. The zero-order chi connectivity index (χ0) is 18.3. The molecule has 1 amide bonds. The third kappa shape index (κ3) is 2.71. The molecular formula is C19H17ClN4O. The van der Waals surface area contributed by atoms with Crippen LogP contribution in [-0.4, -0.2) is 16.8 Å². The zero-order valence-corrected chi connectivity index (χ0v) is 14.5. The van der Waals surface area contributed by atoms with Crippen LogP contribution in [0.2, 0.25) is 5.02 Å². The van der Waals surface area contributed by atoms with E-state index in [-0.39, 0.29) is 5.91 Å². The second-order valence-electron chi connectivity index (χ2n) is 6.04. The Labute approximate surface area is 151 Å². The molecule has 0 fully saturated rings. The standard InChI is InChI=1S/C19H17ClN4O/c1-10(8-21)11(2)24-9-14-13(4-6-17(23)18(14)19(24)25)12-3-5-16(22)15(20)7-12/h3-7,11H,1,9,22-23H2,2H3. The van der Waals surface area contributed by atoms with Crippen LogP contribution in [0.25, 0.3) is 11.1 Å². The van der Waals surface area contributed by atoms with E-state index in [9.17, 15) is 4.79 Å². The number of anilines is 2. The van der Waals surface area contributed by atoms with Gasteiger partial charge in [0.1, 0.15) is 0 Å². The van der Waals surface area contributed by atoms with Gasteiger partial charge in [-0.1, -0.05) is 30.3 Å². The normalized spacial score (nSPS) is 14.1. The van der Waals surface area contributed by atoms with Crippen LogP contribution in [-0.2, 0) is 6.54 Å². The Kier molecular flexibility index (Phi) is 4.15. The number of nitrogens with two attached hydrogens (primary N) is 2. The van der Waals surface area contributed by atoms with Crippen LogP contribution in [0.15, 0.2) is 42.5 Å². The summed E-state index contributed by atoms with van der Waals surface area (Å²) >= 11 is 6.14. The first-order chi connectivity index (χ1) is 11.8. The van der Waals surface area contributed by atoms with Gasteiger partial charge in [-0.2, -0.15) is 5.26 Å². The number of hydrogen-bond donors (Lipinski definition) is 2. The number of nitriles is 1. The summed E-state index contributed by atoms with van der Waals surface area (Å²) in [6, 6.07) is 10.6. The first-order valence-electron chi connectivity index (χ1n) is 7.71. The van der Waals surface area contributed by atoms with Crippen molar-refractivity contribution in [2.75, 3.05) is 11.5 Å². The van der Waals surface area contributed by atoms with Crippen molar-refractivity contribution >= 4 is 28.9 Å². The number of halogens is 1. The average molecular weight is 353 g/mol. The maximum absolute atomic E-state index is 12.8. The van der Waals surface area contributed by atoms with E-state index in [4.69, 9.17) is 28.3 Å². The number of hydrogen-bond acceptors (Lipinski definition) is 4. The molecule has 0 aromatic heterocycles. The lowest BCUT2D eigenvalue weighted by Crippen LogP contribution is -2.34. The maximum Gasteiger partial charge on any atom is 0.257 e. The van der Waals surface area contributed by atoms with Crippen molar-refractivity contribution in [2.45, 2.75) is 19.5 Å². The molecule has 1 unspecified atom stereocenters. The molecule has 0 radical (unpaired) electrons. The van der Waals surface area contributed by atoms with Gasteiger partial charge >= 0.3 is 0 Å². The minimum absolute atomic E-state index is 0.195. The molecule has 1 atom stereocenters. The molecule has 5 nitrogen and oxygen atoms in total. The third-order valence-corrected chi connectivity index (χ3v) is 4.90. The summed E-state index contributed by atoms with van der Waals surface area (Å²) in [5.41, 5.74) is 16.1. The summed E-state index contributed by atoms with van der Waals surface area (Å²) in [5.74, 6) is -0.195. The maximum atomic E-state index is 12.8. The van der Waals surface area contributed by atoms with Crippen LogP contribution >= 0.6 is 11.6 Å². The zero-order valence-electron chi connectivity index (χ0n) is 13.7. The van der Waals surface area contributed by atoms with E-state index in [1.165, 1.54) is 0 Å². The minimum Gasteiger partial charge on any atom is -0.398 e. The highest BCUT2D eigenvalue weighted by Crippen LogP contribution is 2.38. The number of nitrogens with zero attached hydrogens (tertiary/aromatic N) is 2. The lowest BCUT2D eigenvalue weighted by Gasteiger charge is -2.23. The second kappa shape index (κ2) is 6.15. The minimum atomic E-state index is -0.396. The van der Waals surface area contributed by atoms with Crippen molar-refractivity contribution in [2.24, 2.45) is 0 Å². The SMILES string of the molecule is C=C(C#N)C(C)N1Cc2c(-c3ccc(N)c(Cl)c3)ccc(N)c2C1=O. The van der Waals surface area contributed by atoms with Crippen molar-refractivity contribution in [3.63, 3.8) is 0 Å². The van der Waals surface area contributed by atoms with Gasteiger partial charge in [-0.05, 0) is 41.8 Å². The van der Waals surface area contributed by atoms with Gasteiger partial charge in [0.25, 0.3) is 5.91 Å². The molecule has 6 heteroatoms. The predicted octanol–water partition coefficient (Wildman–Crippen LogP) is 3.60. The molecule has 2 aromatic rings. The van der Waals surface area contributed by atoms with E-state index in [0.717, 1.165) is 16.7 Å². The number of carbonyl (C=O) groups excluding carboxylic acids is 1. The Morgan fingerprint density at radius 3 is 2.64 bits per heavy atom. The molecule has 126 valence electrons. The van der Waals surface area contributed by atoms with E-state index in [0.29, 0.717) is 34.1 Å². The lowest BCUT2D eigenvalue weighted by molar-refractivity contribution is 0.0745. The molecule has 25 heavy (non-hydrogen) atoms. The van der Waals surface area contributed by atoms with E-state index >= 15 is 0 Å². The molecule has 4 N–H and O–H groups in total. The van der Waals surface area contributed by atoms with Gasteiger partial charge in [0, 0.05) is 17.8 Å². The summed E-state index contributed by atoms with van der Waals surface area (Å²) in [6.45, 7) is 5.86. The summed E-state index contributed by atoms with van der Waals surface area (Å²) in [7, 11) is 0. The van der Waals surface area contributed by atoms with Gasteiger partial charge in [-0.25, -0.2) is 0 Å².